The van der Waals surface area contributed by atoms with Gasteiger partial charge in [-0.2, -0.15) is 0 Å². The van der Waals surface area contributed by atoms with Gasteiger partial charge in [0.2, 0.25) is 11.8 Å². The molecule has 0 aromatic heterocycles. The van der Waals surface area contributed by atoms with Crippen LogP contribution in [0.3, 0.4) is 0 Å². The van der Waals surface area contributed by atoms with Gasteiger partial charge in [0, 0.05) is 25.3 Å². The van der Waals surface area contributed by atoms with Crippen LogP contribution in [-0.2, 0) is 25.7 Å². The summed E-state index contributed by atoms with van der Waals surface area (Å²) in [5, 5.41) is 10.5. The van der Waals surface area contributed by atoms with Crippen molar-refractivity contribution in [3.05, 3.63) is 89.5 Å². The maximum atomic E-state index is 14.8. The largest absolute Gasteiger partial charge is 0.394 e. The van der Waals surface area contributed by atoms with Crippen LogP contribution in [0.5, 0.6) is 0 Å². The van der Waals surface area contributed by atoms with E-state index in [0.717, 1.165) is 22.4 Å². The second-order valence-electron chi connectivity index (χ2n) is 12.3. The Morgan fingerprint density at radius 2 is 1.58 bits per heavy atom. The standard InChI is InChI=1S/C35H41N3O5/c1-5-26(22-39)38-30-33(42)37(29-23(3)13-10-14-24(29)4)20-12-18-35(30)28(32(38)41)27-31(40)36(21-25-15-8-7-9-16-25)19-11-17-34(27,6-2)43-35/h7-18,26-28,30,39H,5-6,19-22H2,1-4H3/t26-,27-,28-,30?,34+,35-/m0/s1. The number of carbonyl (C=O) groups is 3. The number of hydrogen-bond acceptors (Lipinski definition) is 5. The van der Waals surface area contributed by atoms with E-state index in [0.29, 0.717) is 32.5 Å². The Balaban J connectivity index is 1.50. The lowest BCUT2D eigenvalue weighted by molar-refractivity contribution is -0.153. The predicted octanol–water partition coefficient (Wildman–Crippen LogP) is 3.94. The van der Waals surface area contributed by atoms with Crippen molar-refractivity contribution in [3.63, 3.8) is 0 Å². The highest BCUT2D eigenvalue weighted by Gasteiger charge is 2.75. The zero-order chi connectivity index (χ0) is 30.5. The van der Waals surface area contributed by atoms with Gasteiger partial charge in [0.1, 0.15) is 11.6 Å². The van der Waals surface area contributed by atoms with Gasteiger partial charge in [0.05, 0.1) is 30.1 Å². The molecule has 1 spiro atoms. The molecule has 1 unspecified atom stereocenters. The number of aryl methyl sites for hydroxylation is 2. The number of fused-ring (bicyclic) bond motifs is 2. The lowest BCUT2D eigenvalue weighted by Crippen LogP contribution is -2.59. The molecule has 4 aliphatic heterocycles. The molecule has 0 radical (unpaired) electrons. The van der Waals surface area contributed by atoms with Crippen molar-refractivity contribution < 1.29 is 24.2 Å². The van der Waals surface area contributed by atoms with Crippen molar-refractivity contribution >= 4 is 23.4 Å². The first-order valence-corrected chi connectivity index (χ1v) is 15.4. The molecule has 0 bridgehead atoms. The quantitative estimate of drug-likeness (QED) is 0.499. The maximum Gasteiger partial charge on any atom is 0.253 e. The molecule has 6 rings (SSSR count). The van der Waals surface area contributed by atoms with Crippen molar-refractivity contribution in [3.8, 4) is 0 Å². The van der Waals surface area contributed by atoms with E-state index >= 15 is 0 Å². The molecule has 226 valence electrons. The van der Waals surface area contributed by atoms with E-state index in [2.05, 4.69) is 0 Å². The first-order valence-electron chi connectivity index (χ1n) is 15.4. The van der Waals surface area contributed by atoms with Crippen molar-refractivity contribution in [2.24, 2.45) is 11.8 Å². The van der Waals surface area contributed by atoms with Crippen LogP contribution in [0.1, 0.15) is 43.4 Å². The fourth-order valence-corrected chi connectivity index (χ4v) is 7.94. The monoisotopic (exact) mass is 583 g/mol. The normalized spacial score (nSPS) is 30.7. The highest BCUT2D eigenvalue weighted by atomic mass is 16.5. The first kappa shape index (κ1) is 29.3. The Kier molecular flexibility index (Phi) is 7.55. The highest BCUT2D eigenvalue weighted by Crippen LogP contribution is 2.59. The molecule has 2 fully saturated rings. The van der Waals surface area contributed by atoms with Crippen molar-refractivity contribution in [1.29, 1.82) is 0 Å². The smallest absolute Gasteiger partial charge is 0.253 e. The summed E-state index contributed by atoms with van der Waals surface area (Å²) < 4.78 is 7.09. The van der Waals surface area contributed by atoms with Crippen LogP contribution in [0.25, 0.3) is 0 Å². The van der Waals surface area contributed by atoms with Gasteiger partial charge in [-0.1, -0.05) is 86.7 Å². The van der Waals surface area contributed by atoms with Gasteiger partial charge in [-0.25, -0.2) is 0 Å². The third-order valence-corrected chi connectivity index (χ3v) is 9.96. The molecule has 3 amide bonds. The van der Waals surface area contributed by atoms with E-state index in [1.807, 2.05) is 101 Å². The molecule has 4 heterocycles. The van der Waals surface area contributed by atoms with Gasteiger partial charge in [-0.05, 0) is 43.4 Å². The van der Waals surface area contributed by atoms with Gasteiger partial charge in [-0.3, -0.25) is 14.4 Å². The molecule has 4 aliphatic rings. The summed E-state index contributed by atoms with van der Waals surface area (Å²) in [5.74, 6) is -2.45. The van der Waals surface area contributed by atoms with E-state index in [9.17, 15) is 19.5 Å². The van der Waals surface area contributed by atoms with Crippen LogP contribution >= 0.6 is 0 Å². The van der Waals surface area contributed by atoms with Crippen LogP contribution in [0.4, 0.5) is 5.69 Å². The number of amides is 3. The number of hydrogen-bond donors (Lipinski definition) is 1. The molecule has 0 aliphatic carbocycles. The minimum atomic E-state index is -1.36. The summed E-state index contributed by atoms with van der Waals surface area (Å²) >= 11 is 0. The first-order chi connectivity index (χ1) is 20.7. The maximum absolute atomic E-state index is 14.8. The Bertz CT molecular complexity index is 1460. The third kappa shape index (κ3) is 4.37. The minimum absolute atomic E-state index is 0.153. The molecular weight excluding hydrogens is 542 g/mol. The van der Waals surface area contributed by atoms with Crippen LogP contribution in [0.15, 0.2) is 72.8 Å². The van der Waals surface area contributed by atoms with Gasteiger partial charge in [0.25, 0.3) is 5.91 Å². The van der Waals surface area contributed by atoms with Gasteiger partial charge < -0.3 is 24.5 Å². The third-order valence-electron chi connectivity index (χ3n) is 9.96. The van der Waals surface area contributed by atoms with Crippen LogP contribution < -0.4 is 4.90 Å². The average Bonchev–Trinajstić information content (AvgIpc) is 3.30. The number of ether oxygens (including phenoxy) is 1. The predicted molar refractivity (Wildman–Crippen MR) is 164 cm³/mol. The fraction of sp³-hybridized carbons (Fsp3) is 0.457. The zero-order valence-electron chi connectivity index (χ0n) is 25.4. The second-order valence-corrected chi connectivity index (χ2v) is 12.3. The van der Waals surface area contributed by atoms with Gasteiger partial charge >= 0.3 is 0 Å². The highest BCUT2D eigenvalue weighted by molar-refractivity contribution is 6.06. The summed E-state index contributed by atoms with van der Waals surface area (Å²) in [6, 6.07) is 14.1. The number of aliphatic hydroxyl groups is 1. The molecule has 0 saturated carbocycles. The average molecular weight is 584 g/mol. The number of rotatable bonds is 7. The number of likely N-dealkylation sites (tertiary alicyclic amines) is 1. The van der Waals surface area contributed by atoms with Gasteiger partial charge in [-0.15, -0.1) is 0 Å². The number of nitrogens with zero attached hydrogens (tertiary/aromatic N) is 3. The number of benzene rings is 2. The Morgan fingerprint density at radius 1 is 0.884 bits per heavy atom. The summed E-state index contributed by atoms with van der Waals surface area (Å²) in [7, 11) is 0. The summed E-state index contributed by atoms with van der Waals surface area (Å²) in [6.45, 7) is 8.65. The molecule has 2 aromatic carbocycles. The molecule has 43 heavy (non-hydrogen) atoms. The topological polar surface area (TPSA) is 90.4 Å². The van der Waals surface area contributed by atoms with E-state index in [1.54, 1.807) is 14.7 Å². The summed E-state index contributed by atoms with van der Waals surface area (Å²) in [5.41, 5.74) is 1.31. The summed E-state index contributed by atoms with van der Waals surface area (Å²) in [6.07, 6.45) is 8.64. The Hall–Kier alpha value is -3.75. The van der Waals surface area contributed by atoms with E-state index < -0.39 is 35.1 Å². The molecule has 2 saturated heterocycles. The Labute approximate surface area is 253 Å². The zero-order valence-corrected chi connectivity index (χ0v) is 25.4. The number of anilines is 1. The van der Waals surface area contributed by atoms with Crippen LogP contribution in [0.2, 0.25) is 0 Å². The van der Waals surface area contributed by atoms with Crippen molar-refractivity contribution in [2.75, 3.05) is 24.6 Å². The minimum Gasteiger partial charge on any atom is -0.394 e. The Morgan fingerprint density at radius 3 is 2.23 bits per heavy atom. The van der Waals surface area contributed by atoms with Crippen molar-refractivity contribution in [1.82, 2.24) is 9.80 Å². The number of aliphatic hydroxyl groups excluding tert-OH is 1. The van der Waals surface area contributed by atoms with E-state index in [1.165, 1.54) is 0 Å². The molecule has 8 heteroatoms. The van der Waals surface area contributed by atoms with E-state index in [4.69, 9.17) is 4.74 Å². The second kappa shape index (κ2) is 11.1. The SMILES string of the molecule is CC[C@@H](CO)N1C(=O)[C@@H]2[C@H]3C(=O)N(Cc4ccccc4)CC=C[C@@]3(CC)O[C@@]23C=CCN(c2c(C)cccc2C)C(=O)C13. The molecule has 2 aromatic rings. The lowest BCUT2D eigenvalue weighted by Gasteiger charge is -2.41. The molecular formula is C35H41N3O5. The molecule has 1 N–H and O–H groups in total. The fourth-order valence-electron chi connectivity index (χ4n) is 7.94. The number of para-hydroxylation sites is 1. The summed E-state index contributed by atoms with van der Waals surface area (Å²) in [4.78, 5) is 49.2. The van der Waals surface area contributed by atoms with Gasteiger partial charge in [0.15, 0.2) is 0 Å². The molecule has 6 atom stereocenters. The van der Waals surface area contributed by atoms with Crippen LogP contribution in [0, 0.1) is 25.7 Å². The lowest BCUT2D eigenvalue weighted by atomic mass is 9.73. The molecule has 8 nitrogen and oxygen atoms in total. The van der Waals surface area contributed by atoms with E-state index in [-0.39, 0.29) is 24.3 Å². The van der Waals surface area contributed by atoms with Crippen molar-refractivity contribution in [2.45, 2.75) is 70.4 Å². The number of carbonyl (C=O) groups excluding carboxylic acids is 3. The van der Waals surface area contributed by atoms with Crippen LogP contribution in [-0.4, -0.2) is 75.6 Å².